The molecule has 3 rings (SSSR count). The van der Waals surface area contributed by atoms with E-state index in [4.69, 9.17) is 4.42 Å². The number of thiazole rings is 1. The molecule has 0 aliphatic rings. The highest BCUT2D eigenvalue weighted by Gasteiger charge is 2.15. The highest BCUT2D eigenvalue weighted by molar-refractivity contribution is 7.83. The fourth-order valence-electron chi connectivity index (χ4n) is 2.21. The lowest BCUT2D eigenvalue weighted by Crippen LogP contribution is -2.01. The molecule has 0 fully saturated rings. The van der Waals surface area contributed by atoms with E-state index >= 15 is 0 Å². The molecule has 0 spiro atoms. The van der Waals surface area contributed by atoms with Gasteiger partial charge in [0, 0.05) is 21.7 Å². The second-order valence-corrected chi connectivity index (χ2v) is 7.60. The summed E-state index contributed by atoms with van der Waals surface area (Å²) >= 11 is 1.62. The van der Waals surface area contributed by atoms with Gasteiger partial charge in [-0.3, -0.25) is 4.21 Å². The molecule has 4 nitrogen and oxygen atoms in total. The van der Waals surface area contributed by atoms with Gasteiger partial charge in [0.15, 0.2) is 0 Å². The van der Waals surface area contributed by atoms with Crippen LogP contribution in [0.2, 0.25) is 0 Å². The Morgan fingerprint density at radius 1 is 1.17 bits per heavy atom. The predicted octanol–water partition coefficient (Wildman–Crippen LogP) is 4.12. The van der Waals surface area contributed by atoms with Crippen molar-refractivity contribution in [3.63, 3.8) is 0 Å². The summed E-state index contributed by atoms with van der Waals surface area (Å²) in [7, 11) is -1.04. The maximum atomic E-state index is 12.4. The quantitative estimate of drug-likeness (QED) is 0.674. The molecule has 6 heteroatoms. The van der Waals surface area contributed by atoms with E-state index in [9.17, 15) is 4.21 Å². The first-order valence-corrected chi connectivity index (χ1v) is 9.82. The maximum absolute atomic E-state index is 12.4. The van der Waals surface area contributed by atoms with Gasteiger partial charge < -0.3 is 4.42 Å². The molecular formula is C17H18N2O2S2. The first-order chi connectivity index (χ1) is 11.2. The summed E-state index contributed by atoms with van der Waals surface area (Å²) in [6, 6.07) is 9.75. The Morgan fingerprint density at radius 3 is 2.65 bits per heavy atom. The number of hydrogen-bond donors (Lipinski definition) is 0. The minimum Gasteiger partial charge on any atom is -0.441 e. The zero-order chi connectivity index (χ0) is 16.2. The fourth-order valence-corrected chi connectivity index (χ4v) is 4.22. The Bertz CT molecular complexity index is 809. The average molecular weight is 346 g/mol. The van der Waals surface area contributed by atoms with Crippen LogP contribution < -0.4 is 0 Å². The third-order valence-corrected chi connectivity index (χ3v) is 5.68. The molecule has 0 unspecified atom stereocenters. The Balaban J connectivity index is 1.70. The molecule has 0 amide bonds. The summed E-state index contributed by atoms with van der Waals surface area (Å²) in [5.74, 6) is 2.16. The number of nitrogens with zero attached hydrogens (tertiary/aromatic N) is 2. The SMILES string of the molecule is CCc1nc(C[S@](=O)Cc2nc(-c3ccccc3)oc2C)cs1. The minimum absolute atomic E-state index is 0.390. The molecule has 23 heavy (non-hydrogen) atoms. The minimum atomic E-state index is -1.04. The van der Waals surface area contributed by atoms with Crippen molar-refractivity contribution >= 4 is 22.1 Å². The maximum Gasteiger partial charge on any atom is 0.226 e. The van der Waals surface area contributed by atoms with Crippen LogP contribution in [-0.4, -0.2) is 14.2 Å². The zero-order valence-electron chi connectivity index (χ0n) is 13.1. The molecule has 2 aromatic heterocycles. The van der Waals surface area contributed by atoms with Crippen LogP contribution in [0.15, 0.2) is 40.1 Å². The van der Waals surface area contributed by atoms with Crippen LogP contribution in [-0.2, 0) is 28.7 Å². The number of oxazole rings is 1. The van der Waals surface area contributed by atoms with Gasteiger partial charge in [-0.15, -0.1) is 11.3 Å². The normalized spacial score (nSPS) is 12.4. The van der Waals surface area contributed by atoms with Gasteiger partial charge in [-0.1, -0.05) is 25.1 Å². The van der Waals surface area contributed by atoms with Gasteiger partial charge in [0.2, 0.25) is 5.89 Å². The van der Waals surface area contributed by atoms with E-state index in [2.05, 4.69) is 16.9 Å². The first-order valence-electron chi connectivity index (χ1n) is 7.45. The third kappa shape index (κ3) is 3.95. The number of hydrogen-bond acceptors (Lipinski definition) is 5. The van der Waals surface area contributed by atoms with E-state index in [-0.39, 0.29) is 0 Å². The van der Waals surface area contributed by atoms with Crippen molar-refractivity contribution in [3.8, 4) is 11.5 Å². The molecule has 0 aliphatic carbocycles. The molecule has 0 saturated carbocycles. The van der Waals surface area contributed by atoms with Crippen LogP contribution >= 0.6 is 11.3 Å². The molecule has 0 radical (unpaired) electrons. The van der Waals surface area contributed by atoms with Gasteiger partial charge in [-0.25, -0.2) is 9.97 Å². The summed E-state index contributed by atoms with van der Waals surface area (Å²) in [6.07, 6.45) is 0.917. The zero-order valence-corrected chi connectivity index (χ0v) is 14.7. The molecule has 120 valence electrons. The topological polar surface area (TPSA) is 56.0 Å². The molecule has 0 saturated heterocycles. The molecule has 0 bridgehead atoms. The molecular weight excluding hydrogens is 328 g/mol. The van der Waals surface area contributed by atoms with E-state index in [0.29, 0.717) is 17.4 Å². The Morgan fingerprint density at radius 2 is 1.96 bits per heavy atom. The Kier molecular flexibility index (Phi) is 5.03. The van der Waals surface area contributed by atoms with Crippen LogP contribution in [0, 0.1) is 6.92 Å². The fraction of sp³-hybridized carbons (Fsp3) is 0.294. The standard InChI is InChI=1S/C17H18N2O2S2/c1-3-16-18-14(9-22-16)10-23(20)11-15-12(2)21-17(19-15)13-7-5-4-6-8-13/h4-9H,3,10-11H2,1-2H3/t23-/m0/s1. The number of aromatic nitrogens is 2. The van der Waals surface area contributed by atoms with Gasteiger partial charge >= 0.3 is 0 Å². The van der Waals surface area contributed by atoms with E-state index in [0.717, 1.165) is 34.1 Å². The molecule has 3 aromatic rings. The Hall–Kier alpha value is -1.79. The Labute approximate surface area is 142 Å². The third-order valence-electron chi connectivity index (χ3n) is 3.42. The second kappa shape index (κ2) is 7.19. The summed E-state index contributed by atoms with van der Waals surface area (Å²) in [5.41, 5.74) is 2.59. The second-order valence-electron chi connectivity index (χ2n) is 5.20. The lowest BCUT2D eigenvalue weighted by atomic mass is 10.2. The van der Waals surface area contributed by atoms with Gasteiger partial charge in [0.05, 0.1) is 27.9 Å². The highest BCUT2D eigenvalue weighted by Crippen LogP contribution is 2.22. The van der Waals surface area contributed by atoms with Gasteiger partial charge in [-0.2, -0.15) is 0 Å². The van der Waals surface area contributed by atoms with E-state index < -0.39 is 10.8 Å². The average Bonchev–Trinajstić information content (AvgIpc) is 3.15. The van der Waals surface area contributed by atoms with Crippen molar-refractivity contribution in [3.05, 3.63) is 57.9 Å². The van der Waals surface area contributed by atoms with Crippen LogP contribution in [0.5, 0.6) is 0 Å². The first kappa shape index (κ1) is 16.1. The lowest BCUT2D eigenvalue weighted by Gasteiger charge is -1.98. The van der Waals surface area contributed by atoms with E-state index in [1.54, 1.807) is 11.3 Å². The van der Waals surface area contributed by atoms with E-state index in [1.807, 2.05) is 42.6 Å². The van der Waals surface area contributed by atoms with Crippen molar-refractivity contribution in [1.82, 2.24) is 9.97 Å². The number of rotatable bonds is 6. The largest absolute Gasteiger partial charge is 0.441 e. The summed E-state index contributed by atoms with van der Waals surface area (Å²) < 4.78 is 18.1. The smallest absolute Gasteiger partial charge is 0.226 e. The molecule has 2 heterocycles. The number of aryl methyl sites for hydroxylation is 2. The molecule has 1 atom stereocenters. The highest BCUT2D eigenvalue weighted by atomic mass is 32.2. The van der Waals surface area contributed by atoms with Gasteiger partial charge in [-0.05, 0) is 25.5 Å². The number of benzene rings is 1. The van der Waals surface area contributed by atoms with Crippen molar-refractivity contribution < 1.29 is 8.63 Å². The van der Waals surface area contributed by atoms with Gasteiger partial charge in [0.1, 0.15) is 5.76 Å². The summed E-state index contributed by atoms with van der Waals surface area (Å²) in [4.78, 5) is 8.97. The predicted molar refractivity (Wildman–Crippen MR) is 93.7 cm³/mol. The summed E-state index contributed by atoms with van der Waals surface area (Å²) in [6.45, 7) is 3.94. The monoisotopic (exact) mass is 346 g/mol. The van der Waals surface area contributed by atoms with Crippen LogP contribution in [0.3, 0.4) is 0 Å². The molecule has 0 N–H and O–H groups in total. The van der Waals surface area contributed by atoms with Crippen molar-refractivity contribution in [1.29, 1.82) is 0 Å². The lowest BCUT2D eigenvalue weighted by molar-refractivity contribution is 0.540. The summed E-state index contributed by atoms with van der Waals surface area (Å²) in [5, 5.41) is 3.07. The van der Waals surface area contributed by atoms with Crippen LogP contribution in [0.1, 0.15) is 29.1 Å². The van der Waals surface area contributed by atoms with Crippen molar-refractivity contribution in [2.45, 2.75) is 31.8 Å². The van der Waals surface area contributed by atoms with Crippen LogP contribution in [0.4, 0.5) is 0 Å². The van der Waals surface area contributed by atoms with Crippen molar-refractivity contribution in [2.75, 3.05) is 0 Å². The van der Waals surface area contributed by atoms with E-state index in [1.165, 1.54) is 0 Å². The van der Waals surface area contributed by atoms with Crippen molar-refractivity contribution in [2.24, 2.45) is 0 Å². The van der Waals surface area contributed by atoms with Crippen LogP contribution in [0.25, 0.3) is 11.5 Å². The van der Waals surface area contributed by atoms with Gasteiger partial charge in [0.25, 0.3) is 0 Å². The molecule has 0 aliphatic heterocycles. The molecule has 1 aromatic carbocycles.